The van der Waals surface area contributed by atoms with Gasteiger partial charge in [0, 0.05) is 30.7 Å². The molecule has 0 amide bonds. The van der Waals surface area contributed by atoms with Gasteiger partial charge in [0.1, 0.15) is 0 Å². The molecule has 0 unspecified atom stereocenters. The zero-order valence-electron chi connectivity index (χ0n) is 12.1. The molecule has 1 aromatic carbocycles. The second kappa shape index (κ2) is 7.38. The Hall–Kier alpha value is -0.660. The molecule has 0 radical (unpaired) electrons. The van der Waals surface area contributed by atoms with E-state index >= 15 is 0 Å². The molecule has 114 valence electrons. The van der Waals surface area contributed by atoms with Gasteiger partial charge in [-0.1, -0.05) is 17.7 Å². The van der Waals surface area contributed by atoms with Crippen LogP contribution < -0.4 is 10.5 Å². The van der Waals surface area contributed by atoms with Gasteiger partial charge in [-0.05, 0) is 38.6 Å². The van der Waals surface area contributed by atoms with Gasteiger partial charge in [-0.2, -0.15) is 0 Å². The molecule has 0 bridgehead atoms. The second-order valence-electron chi connectivity index (χ2n) is 4.93. The van der Waals surface area contributed by atoms with Gasteiger partial charge < -0.3 is 10.6 Å². The normalized spacial score (nSPS) is 12.3. The smallest absolute Gasteiger partial charge is 0.240 e. The third-order valence-electron chi connectivity index (χ3n) is 3.19. The zero-order chi connectivity index (χ0) is 15.3. The highest BCUT2D eigenvalue weighted by atomic mass is 35.5. The molecule has 0 saturated heterocycles. The van der Waals surface area contributed by atoms with Crippen molar-refractivity contribution in [3.05, 3.63) is 28.8 Å². The Kier molecular flexibility index (Phi) is 6.42. The fourth-order valence-corrected chi connectivity index (χ4v) is 2.93. The molecule has 0 aliphatic heterocycles. The van der Waals surface area contributed by atoms with E-state index in [0.29, 0.717) is 24.2 Å². The van der Waals surface area contributed by atoms with Crippen molar-refractivity contribution in [3.63, 3.8) is 0 Å². The Bertz CT molecular complexity index is 547. The summed E-state index contributed by atoms with van der Waals surface area (Å²) in [5.74, 6) is 0. The summed E-state index contributed by atoms with van der Waals surface area (Å²) < 4.78 is 26.8. The fraction of sp³-hybridized carbons (Fsp3) is 0.538. The first-order valence-electron chi connectivity index (χ1n) is 6.46. The summed E-state index contributed by atoms with van der Waals surface area (Å²) in [6.07, 6.45) is 0. The maximum Gasteiger partial charge on any atom is 0.240 e. The predicted octanol–water partition coefficient (Wildman–Crippen LogP) is 1.42. The van der Waals surface area contributed by atoms with Crippen LogP contribution in [-0.2, 0) is 16.6 Å². The van der Waals surface area contributed by atoms with Gasteiger partial charge in [0.2, 0.25) is 10.0 Å². The van der Waals surface area contributed by atoms with Crippen LogP contribution in [0.1, 0.15) is 19.4 Å². The topological polar surface area (TPSA) is 75.4 Å². The van der Waals surface area contributed by atoms with Crippen molar-refractivity contribution in [2.24, 2.45) is 5.73 Å². The van der Waals surface area contributed by atoms with E-state index in [4.69, 9.17) is 17.3 Å². The molecule has 20 heavy (non-hydrogen) atoms. The lowest BCUT2D eigenvalue weighted by Gasteiger charge is -2.20. The van der Waals surface area contributed by atoms with Crippen molar-refractivity contribution >= 4 is 21.6 Å². The summed E-state index contributed by atoms with van der Waals surface area (Å²) in [5, 5.41) is 0.370. The number of likely N-dealkylation sites (N-methyl/N-ethyl adjacent to an activating group) is 1. The van der Waals surface area contributed by atoms with E-state index < -0.39 is 10.0 Å². The van der Waals surface area contributed by atoms with Crippen molar-refractivity contribution in [2.45, 2.75) is 31.3 Å². The van der Waals surface area contributed by atoms with Gasteiger partial charge in [-0.25, -0.2) is 13.1 Å². The molecule has 0 aliphatic carbocycles. The maximum absolute atomic E-state index is 12.1. The van der Waals surface area contributed by atoms with Crippen LogP contribution >= 0.6 is 11.6 Å². The Morgan fingerprint density at radius 1 is 1.40 bits per heavy atom. The average Bonchev–Trinajstić information content (AvgIpc) is 2.38. The van der Waals surface area contributed by atoms with E-state index in [1.807, 2.05) is 7.05 Å². The van der Waals surface area contributed by atoms with Crippen LogP contribution in [0.15, 0.2) is 23.1 Å². The number of sulfonamides is 1. The number of hydrogen-bond donors (Lipinski definition) is 2. The van der Waals surface area contributed by atoms with E-state index in [1.54, 1.807) is 6.07 Å². The lowest BCUT2D eigenvalue weighted by atomic mass is 10.2. The van der Waals surface area contributed by atoms with Crippen molar-refractivity contribution in [1.29, 1.82) is 0 Å². The number of nitrogens with one attached hydrogen (secondary N) is 1. The highest BCUT2D eigenvalue weighted by molar-refractivity contribution is 7.89. The minimum atomic E-state index is -3.53. The van der Waals surface area contributed by atoms with Crippen LogP contribution in [0.25, 0.3) is 0 Å². The van der Waals surface area contributed by atoms with E-state index in [2.05, 4.69) is 23.5 Å². The van der Waals surface area contributed by atoms with Crippen molar-refractivity contribution in [3.8, 4) is 0 Å². The summed E-state index contributed by atoms with van der Waals surface area (Å²) in [4.78, 5) is 2.22. The summed E-state index contributed by atoms with van der Waals surface area (Å²) >= 11 is 5.98. The summed E-state index contributed by atoms with van der Waals surface area (Å²) in [6, 6.07) is 4.95. The Balaban J connectivity index is 2.72. The number of halogens is 1. The van der Waals surface area contributed by atoms with Gasteiger partial charge in [0.15, 0.2) is 0 Å². The van der Waals surface area contributed by atoms with Gasteiger partial charge in [0.25, 0.3) is 0 Å². The number of hydrogen-bond acceptors (Lipinski definition) is 4. The monoisotopic (exact) mass is 319 g/mol. The molecule has 3 N–H and O–H groups in total. The van der Waals surface area contributed by atoms with Gasteiger partial charge in [-0.3, -0.25) is 0 Å². The van der Waals surface area contributed by atoms with E-state index in [1.165, 1.54) is 12.1 Å². The molecule has 0 atom stereocenters. The van der Waals surface area contributed by atoms with E-state index in [-0.39, 0.29) is 11.4 Å². The summed E-state index contributed by atoms with van der Waals surface area (Å²) in [7, 11) is -1.58. The second-order valence-corrected chi connectivity index (χ2v) is 7.10. The molecule has 0 heterocycles. The minimum absolute atomic E-state index is 0.159. The highest BCUT2D eigenvalue weighted by Gasteiger charge is 2.15. The number of benzene rings is 1. The first-order chi connectivity index (χ1) is 9.27. The number of rotatable bonds is 7. The van der Waals surface area contributed by atoms with Crippen LogP contribution in [-0.4, -0.2) is 39.5 Å². The molecule has 0 saturated carbocycles. The number of nitrogens with two attached hydrogens (primary N) is 1. The molecule has 0 aliphatic rings. The Morgan fingerprint density at radius 2 is 2.05 bits per heavy atom. The molecule has 7 heteroatoms. The summed E-state index contributed by atoms with van der Waals surface area (Å²) in [6.45, 7) is 5.39. The first kappa shape index (κ1) is 17.4. The zero-order valence-corrected chi connectivity index (χ0v) is 13.6. The van der Waals surface area contributed by atoms with Crippen LogP contribution in [0, 0.1) is 0 Å². The molecule has 0 fully saturated rings. The van der Waals surface area contributed by atoms with Crippen LogP contribution in [0.5, 0.6) is 0 Å². The molecule has 1 rings (SSSR count). The molecule has 0 spiro atoms. The third kappa shape index (κ3) is 4.71. The minimum Gasteiger partial charge on any atom is -0.326 e. The van der Waals surface area contributed by atoms with Crippen LogP contribution in [0.4, 0.5) is 0 Å². The Labute approximate surface area is 126 Å². The molecular formula is C13H22ClN3O2S. The average molecular weight is 320 g/mol. The van der Waals surface area contributed by atoms with Crippen molar-refractivity contribution < 1.29 is 8.42 Å². The third-order valence-corrected chi connectivity index (χ3v) is 5.00. The lowest BCUT2D eigenvalue weighted by molar-refractivity contribution is 0.278. The maximum atomic E-state index is 12.1. The van der Waals surface area contributed by atoms with Gasteiger partial charge in [0.05, 0.1) is 4.90 Å². The van der Waals surface area contributed by atoms with Crippen LogP contribution in [0.2, 0.25) is 5.02 Å². The molecule has 0 aromatic heterocycles. The number of nitrogens with zero attached hydrogens (tertiary/aromatic N) is 1. The quantitative estimate of drug-likeness (QED) is 0.797. The lowest BCUT2D eigenvalue weighted by Crippen LogP contribution is -2.36. The van der Waals surface area contributed by atoms with E-state index in [0.717, 1.165) is 5.56 Å². The summed E-state index contributed by atoms with van der Waals surface area (Å²) in [5.41, 5.74) is 6.22. The molecule has 1 aromatic rings. The van der Waals surface area contributed by atoms with Crippen molar-refractivity contribution in [2.75, 3.05) is 20.1 Å². The highest BCUT2D eigenvalue weighted by Crippen LogP contribution is 2.20. The largest absolute Gasteiger partial charge is 0.326 e. The standard InChI is InChI=1S/C13H22ClN3O2S/c1-10(2)17(3)7-6-16-20(18,19)12-5-4-11(9-15)13(14)8-12/h4-5,8,10,16H,6-7,9,15H2,1-3H3. The van der Waals surface area contributed by atoms with Crippen molar-refractivity contribution in [1.82, 2.24) is 9.62 Å². The Morgan fingerprint density at radius 3 is 2.55 bits per heavy atom. The SMILES string of the molecule is CC(C)N(C)CCNS(=O)(=O)c1ccc(CN)c(Cl)c1. The van der Waals surface area contributed by atoms with E-state index in [9.17, 15) is 8.42 Å². The predicted molar refractivity (Wildman–Crippen MR) is 82.3 cm³/mol. The first-order valence-corrected chi connectivity index (χ1v) is 8.32. The van der Waals surface area contributed by atoms with Crippen LogP contribution in [0.3, 0.4) is 0 Å². The van der Waals surface area contributed by atoms with Gasteiger partial charge in [-0.15, -0.1) is 0 Å². The molecular weight excluding hydrogens is 298 g/mol. The van der Waals surface area contributed by atoms with Gasteiger partial charge >= 0.3 is 0 Å². The fourth-order valence-electron chi connectivity index (χ4n) is 1.56. The molecule has 5 nitrogen and oxygen atoms in total.